The van der Waals surface area contributed by atoms with Gasteiger partial charge in [0, 0.05) is 18.6 Å². The van der Waals surface area contributed by atoms with Crippen LogP contribution in [-0.4, -0.2) is 24.3 Å². The second kappa shape index (κ2) is 2.56. The van der Waals surface area contributed by atoms with Gasteiger partial charge in [-0.15, -0.1) is 0 Å². The molecule has 0 bridgehead atoms. The maximum atomic E-state index is 10.4. The predicted molar refractivity (Wildman–Crippen MR) is 40.6 cm³/mol. The first kappa shape index (κ1) is 6.86. The Balaban J connectivity index is 2.90. The van der Waals surface area contributed by atoms with Crippen molar-refractivity contribution in [3.63, 3.8) is 0 Å². The highest BCUT2D eigenvalue weighted by molar-refractivity contribution is 5.95. The first-order valence-electron chi connectivity index (χ1n) is 2.98. The lowest BCUT2D eigenvalue weighted by molar-refractivity contribution is -0.109. The summed E-state index contributed by atoms with van der Waals surface area (Å²) >= 11 is 0. The van der Waals surface area contributed by atoms with Crippen LogP contribution in [0.25, 0.3) is 0 Å². The fourth-order valence-corrected chi connectivity index (χ4v) is 0.580. The molecule has 1 heterocycles. The molecule has 0 N–H and O–H groups in total. The van der Waals surface area contributed by atoms with Crippen LogP contribution in [0.5, 0.6) is 0 Å². The number of hydrogen-bond acceptors (Lipinski definition) is 3. The second-order valence-corrected chi connectivity index (χ2v) is 2.24. The number of carbonyl (C=O) groups is 1. The van der Waals surface area contributed by atoms with Crippen molar-refractivity contribution in [3.8, 4) is 0 Å². The SMILES string of the molecule is CC1(C=O)C=NC=CC=N1. The number of rotatable bonds is 1. The van der Waals surface area contributed by atoms with Gasteiger partial charge in [0.25, 0.3) is 0 Å². The molecule has 0 amide bonds. The Morgan fingerprint density at radius 3 is 3.10 bits per heavy atom. The molecule has 0 aromatic carbocycles. The van der Waals surface area contributed by atoms with Gasteiger partial charge in [0.2, 0.25) is 0 Å². The minimum Gasteiger partial charge on any atom is -0.300 e. The van der Waals surface area contributed by atoms with E-state index in [-0.39, 0.29) is 0 Å². The number of hydrogen-bond donors (Lipinski definition) is 0. The van der Waals surface area contributed by atoms with E-state index < -0.39 is 5.54 Å². The summed E-state index contributed by atoms with van der Waals surface area (Å²) in [4.78, 5) is 18.2. The minimum atomic E-state index is -0.760. The Kier molecular flexibility index (Phi) is 1.76. The van der Waals surface area contributed by atoms with Crippen LogP contribution in [0.3, 0.4) is 0 Å². The van der Waals surface area contributed by atoms with Crippen molar-refractivity contribution >= 4 is 18.7 Å². The molecule has 1 aliphatic heterocycles. The molecule has 1 aliphatic rings. The van der Waals surface area contributed by atoms with Gasteiger partial charge in [0.05, 0.1) is 0 Å². The van der Waals surface area contributed by atoms with Crippen molar-refractivity contribution in [3.05, 3.63) is 12.3 Å². The van der Waals surface area contributed by atoms with Gasteiger partial charge < -0.3 is 4.79 Å². The standard InChI is InChI=1S/C7H8N2O/c1-7(6-10)5-8-3-2-4-9-7/h2-6H,1H3. The Hall–Kier alpha value is -1.25. The molecular weight excluding hydrogens is 128 g/mol. The smallest absolute Gasteiger partial charge is 0.152 e. The Morgan fingerprint density at radius 2 is 2.40 bits per heavy atom. The molecule has 3 heteroatoms. The Bertz CT molecular complexity index is 200. The van der Waals surface area contributed by atoms with Crippen LogP contribution >= 0.6 is 0 Å². The summed E-state index contributed by atoms with van der Waals surface area (Å²) in [6.07, 6.45) is 7.13. The molecule has 0 aromatic rings. The van der Waals surface area contributed by atoms with Crippen LogP contribution in [0, 0.1) is 0 Å². The first-order chi connectivity index (χ1) is 4.77. The third-order valence-corrected chi connectivity index (χ3v) is 1.19. The normalized spacial score (nSPS) is 30.1. The van der Waals surface area contributed by atoms with Crippen molar-refractivity contribution in [1.82, 2.24) is 0 Å². The molecule has 0 saturated carbocycles. The number of aliphatic imine (C=N–C) groups is 2. The van der Waals surface area contributed by atoms with E-state index in [0.717, 1.165) is 6.29 Å². The average Bonchev–Trinajstić information content (AvgIpc) is 2.15. The van der Waals surface area contributed by atoms with E-state index in [2.05, 4.69) is 9.98 Å². The van der Waals surface area contributed by atoms with E-state index in [1.165, 1.54) is 6.21 Å². The summed E-state index contributed by atoms with van der Waals surface area (Å²) in [5.41, 5.74) is -0.760. The van der Waals surface area contributed by atoms with Crippen LogP contribution in [0.15, 0.2) is 22.3 Å². The first-order valence-corrected chi connectivity index (χ1v) is 2.98. The van der Waals surface area contributed by atoms with E-state index in [1.807, 2.05) is 0 Å². The van der Waals surface area contributed by atoms with E-state index in [1.54, 1.807) is 25.4 Å². The van der Waals surface area contributed by atoms with Crippen LogP contribution in [-0.2, 0) is 4.79 Å². The fraction of sp³-hybridized carbons (Fsp3) is 0.286. The maximum absolute atomic E-state index is 10.4. The lowest BCUT2D eigenvalue weighted by atomic mass is 10.1. The molecule has 1 atom stereocenters. The predicted octanol–water partition coefficient (Wildman–Crippen LogP) is 0.613. The fourth-order valence-electron chi connectivity index (χ4n) is 0.580. The van der Waals surface area contributed by atoms with Crippen molar-refractivity contribution in [2.24, 2.45) is 9.98 Å². The quantitative estimate of drug-likeness (QED) is 0.487. The van der Waals surface area contributed by atoms with Crippen LogP contribution < -0.4 is 0 Å². The highest BCUT2D eigenvalue weighted by Gasteiger charge is 2.17. The molecule has 10 heavy (non-hydrogen) atoms. The van der Waals surface area contributed by atoms with Gasteiger partial charge in [0.1, 0.15) is 5.54 Å². The van der Waals surface area contributed by atoms with Gasteiger partial charge in [-0.05, 0) is 13.0 Å². The molecule has 3 nitrogen and oxygen atoms in total. The van der Waals surface area contributed by atoms with Gasteiger partial charge in [0.15, 0.2) is 6.29 Å². The highest BCUT2D eigenvalue weighted by atomic mass is 16.1. The summed E-state index contributed by atoms with van der Waals surface area (Å²) in [5, 5.41) is 0. The third-order valence-electron chi connectivity index (χ3n) is 1.19. The Labute approximate surface area is 59.2 Å². The van der Waals surface area contributed by atoms with Crippen LogP contribution in [0.4, 0.5) is 0 Å². The van der Waals surface area contributed by atoms with Crippen molar-refractivity contribution < 1.29 is 4.79 Å². The molecule has 0 radical (unpaired) electrons. The van der Waals surface area contributed by atoms with Crippen LogP contribution in [0.1, 0.15) is 6.92 Å². The van der Waals surface area contributed by atoms with E-state index >= 15 is 0 Å². The average molecular weight is 136 g/mol. The molecular formula is C7H8N2O. The summed E-state index contributed by atoms with van der Waals surface area (Å²) in [6, 6.07) is 0. The van der Waals surface area contributed by atoms with E-state index in [4.69, 9.17) is 0 Å². The summed E-state index contributed by atoms with van der Waals surface area (Å²) in [5.74, 6) is 0. The highest BCUT2D eigenvalue weighted by Crippen LogP contribution is 2.03. The molecule has 0 spiro atoms. The molecule has 52 valence electrons. The van der Waals surface area contributed by atoms with E-state index in [0.29, 0.717) is 0 Å². The molecule has 0 aromatic heterocycles. The number of nitrogens with zero attached hydrogens (tertiary/aromatic N) is 2. The van der Waals surface area contributed by atoms with E-state index in [9.17, 15) is 4.79 Å². The minimum absolute atomic E-state index is 0.760. The Morgan fingerprint density at radius 1 is 1.60 bits per heavy atom. The maximum Gasteiger partial charge on any atom is 0.152 e. The zero-order chi connectivity index (χ0) is 7.45. The second-order valence-electron chi connectivity index (χ2n) is 2.24. The van der Waals surface area contributed by atoms with Gasteiger partial charge >= 0.3 is 0 Å². The summed E-state index contributed by atoms with van der Waals surface area (Å²) in [7, 11) is 0. The van der Waals surface area contributed by atoms with Gasteiger partial charge in [-0.3, -0.25) is 9.98 Å². The zero-order valence-electron chi connectivity index (χ0n) is 5.69. The van der Waals surface area contributed by atoms with Crippen molar-refractivity contribution in [1.29, 1.82) is 0 Å². The third kappa shape index (κ3) is 1.37. The lowest BCUT2D eigenvalue weighted by Gasteiger charge is -2.08. The summed E-state index contributed by atoms with van der Waals surface area (Å²) < 4.78 is 0. The molecule has 0 aliphatic carbocycles. The molecule has 0 fully saturated rings. The molecule has 0 saturated heterocycles. The zero-order valence-corrected chi connectivity index (χ0v) is 5.69. The largest absolute Gasteiger partial charge is 0.300 e. The molecule has 1 rings (SSSR count). The topological polar surface area (TPSA) is 41.8 Å². The summed E-state index contributed by atoms with van der Waals surface area (Å²) in [6.45, 7) is 1.70. The van der Waals surface area contributed by atoms with Gasteiger partial charge in [-0.2, -0.15) is 0 Å². The van der Waals surface area contributed by atoms with Gasteiger partial charge in [-0.25, -0.2) is 0 Å². The van der Waals surface area contributed by atoms with Crippen LogP contribution in [0.2, 0.25) is 0 Å². The monoisotopic (exact) mass is 136 g/mol. The van der Waals surface area contributed by atoms with Gasteiger partial charge in [-0.1, -0.05) is 0 Å². The number of allylic oxidation sites excluding steroid dienone is 1. The number of aldehydes is 1. The van der Waals surface area contributed by atoms with Crippen molar-refractivity contribution in [2.75, 3.05) is 0 Å². The van der Waals surface area contributed by atoms with Crippen molar-refractivity contribution in [2.45, 2.75) is 12.5 Å². The number of carbonyl (C=O) groups excluding carboxylic acids is 1. The lowest BCUT2D eigenvalue weighted by Crippen LogP contribution is -2.25. The molecule has 1 unspecified atom stereocenters.